The summed E-state index contributed by atoms with van der Waals surface area (Å²) in [5.74, 6) is -48.6. The molecule has 334 valence electrons. The van der Waals surface area contributed by atoms with E-state index in [1.54, 1.807) is 0 Å². The zero-order chi connectivity index (χ0) is 46.8. The molecule has 0 radical (unpaired) electrons. The number of unbranched alkanes of at least 4 members (excludes halogenated alkanes) is 2. The number of hydrogen-bond donors (Lipinski definition) is 1. The van der Waals surface area contributed by atoms with Crippen LogP contribution in [-0.2, 0) is 14.9 Å². The fourth-order valence-electron chi connectivity index (χ4n) is 7.31. The van der Waals surface area contributed by atoms with Gasteiger partial charge in [0, 0.05) is 17.1 Å². The molecule has 64 heavy (non-hydrogen) atoms. The monoisotopic (exact) mass is 912 g/mol. The molecular formula is C45H28BF15O3. The Morgan fingerprint density at radius 3 is 1.16 bits per heavy atom. The van der Waals surface area contributed by atoms with Crippen molar-refractivity contribution in [1.82, 2.24) is 0 Å². The van der Waals surface area contributed by atoms with Gasteiger partial charge in [0.25, 0.3) is 0 Å². The second-order valence-corrected chi connectivity index (χ2v) is 14.0. The van der Waals surface area contributed by atoms with E-state index in [9.17, 15) is 18.2 Å². The molecule has 0 aliphatic heterocycles. The summed E-state index contributed by atoms with van der Waals surface area (Å²) in [4.78, 5) is 0. The highest BCUT2D eigenvalue weighted by atomic mass is 19.2. The largest absolute Gasteiger partial charge is 0.711 e. The molecule has 0 spiro atoms. The molecular weight excluding hydrogens is 884 g/mol. The molecule has 6 aromatic carbocycles. The minimum absolute atomic E-state index is 0.0932. The Morgan fingerprint density at radius 1 is 0.469 bits per heavy atom. The van der Waals surface area contributed by atoms with Crippen LogP contribution in [0.25, 0.3) is 11.3 Å². The van der Waals surface area contributed by atoms with Gasteiger partial charge in [0.2, 0.25) is 17.5 Å². The van der Waals surface area contributed by atoms with Crippen molar-refractivity contribution >= 4 is 18.7 Å². The minimum atomic E-state index is -3.27. The van der Waals surface area contributed by atoms with Crippen LogP contribution in [0.2, 0.25) is 0 Å². The van der Waals surface area contributed by atoms with Crippen LogP contribution >= 0.6 is 0 Å². The SMILES string of the molecule is CCCCCC(/C(=C(/OB(O)OC(c1ccccc1)(c1ccccc1)c1ccccc1)c1c(F)c(F)c(F)c(F)c1F)c1c(F)c(F)c(F)c(F)c1F)c1c(F)c(F)c(F)c(F)c1F. The number of halogens is 15. The van der Waals surface area contributed by atoms with Crippen LogP contribution in [0.4, 0.5) is 65.9 Å². The van der Waals surface area contributed by atoms with E-state index < -0.39 is 147 Å². The van der Waals surface area contributed by atoms with E-state index >= 15 is 52.7 Å². The van der Waals surface area contributed by atoms with Crippen LogP contribution in [0.15, 0.2) is 91.0 Å². The molecule has 3 nitrogen and oxygen atoms in total. The van der Waals surface area contributed by atoms with E-state index in [4.69, 9.17) is 9.31 Å². The van der Waals surface area contributed by atoms with E-state index in [-0.39, 0.29) is 29.5 Å². The van der Waals surface area contributed by atoms with E-state index in [0.29, 0.717) is 0 Å². The molecule has 1 atom stereocenters. The van der Waals surface area contributed by atoms with Gasteiger partial charge in [0.15, 0.2) is 69.8 Å². The summed E-state index contributed by atoms with van der Waals surface area (Å²) in [7, 11) is -3.27. The minimum Gasteiger partial charge on any atom is -0.511 e. The fraction of sp³-hybridized carbons (Fsp3) is 0.156. The van der Waals surface area contributed by atoms with E-state index in [0.717, 1.165) is 0 Å². The first-order valence-electron chi connectivity index (χ1n) is 18.9. The van der Waals surface area contributed by atoms with Gasteiger partial charge in [0.1, 0.15) is 11.4 Å². The predicted octanol–water partition coefficient (Wildman–Crippen LogP) is 13.0. The molecule has 0 amide bonds. The molecule has 0 saturated carbocycles. The van der Waals surface area contributed by atoms with Crippen molar-refractivity contribution < 1.29 is 80.2 Å². The summed E-state index contributed by atoms with van der Waals surface area (Å²) in [6, 6.07) is 21.9. The number of allylic oxidation sites excluding steroid dienone is 1. The van der Waals surface area contributed by atoms with Crippen LogP contribution in [-0.4, -0.2) is 12.3 Å². The molecule has 0 aliphatic rings. The first-order valence-corrected chi connectivity index (χ1v) is 18.9. The van der Waals surface area contributed by atoms with E-state index in [1.165, 1.54) is 97.9 Å². The van der Waals surface area contributed by atoms with Crippen molar-refractivity contribution in [3.8, 4) is 0 Å². The van der Waals surface area contributed by atoms with Crippen molar-refractivity contribution in [2.75, 3.05) is 0 Å². The van der Waals surface area contributed by atoms with Gasteiger partial charge in [-0.2, -0.15) is 0 Å². The van der Waals surface area contributed by atoms with Gasteiger partial charge in [-0.1, -0.05) is 117 Å². The van der Waals surface area contributed by atoms with Crippen LogP contribution in [0, 0.1) is 87.3 Å². The number of benzene rings is 6. The van der Waals surface area contributed by atoms with E-state index in [1.807, 2.05) is 0 Å². The highest BCUT2D eigenvalue weighted by Gasteiger charge is 2.46. The first-order chi connectivity index (χ1) is 30.4. The lowest BCUT2D eigenvalue weighted by molar-refractivity contribution is 0.0806. The maximum absolute atomic E-state index is 16.2. The maximum atomic E-state index is 16.2. The average molecular weight is 912 g/mol. The molecule has 1 unspecified atom stereocenters. The number of hydrogen-bond acceptors (Lipinski definition) is 3. The predicted molar refractivity (Wildman–Crippen MR) is 202 cm³/mol. The molecule has 0 fully saturated rings. The molecule has 0 bridgehead atoms. The maximum Gasteiger partial charge on any atom is 0.711 e. The second-order valence-electron chi connectivity index (χ2n) is 14.0. The third kappa shape index (κ3) is 8.33. The molecule has 0 heterocycles. The Kier molecular flexibility index (Phi) is 14.2. The van der Waals surface area contributed by atoms with Gasteiger partial charge in [-0.15, -0.1) is 0 Å². The third-order valence-electron chi connectivity index (χ3n) is 10.2. The Hall–Kier alpha value is -6.21. The normalized spacial score (nSPS) is 12.6. The zero-order valence-corrected chi connectivity index (χ0v) is 32.6. The lowest BCUT2D eigenvalue weighted by Crippen LogP contribution is -2.40. The lowest BCUT2D eigenvalue weighted by atomic mass is 9.78. The fourth-order valence-corrected chi connectivity index (χ4v) is 7.31. The Bertz CT molecular complexity index is 2540. The lowest BCUT2D eigenvalue weighted by Gasteiger charge is -2.37. The van der Waals surface area contributed by atoms with E-state index in [2.05, 4.69) is 0 Å². The second kappa shape index (κ2) is 19.3. The van der Waals surface area contributed by atoms with Gasteiger partial charge in [-0.3, -0.25) is 0 Å². The standard InChI is InChI=1S/C45H28BF15O3/c1-2-3-7-20-24(26-29(47)35(53)41(59)36(54)30(26)48)25(27-31(49)37(55)42(60)38(56)32(27)50)44(28-33(51)39(57)43(61)40(58)34(28)52)63-46(62)64-45(21-14-8-4-9-15-21,22-16-10-5-11-17-22)23-18-12-6-13-19-23/h4-6,8-19,24,62H,2-3,7,20H2,1H3/b44-25-. The topological polar surface area (TPSA) is 38.7 Å². The summed E-state index contributed by atoms with van der Waals surface area (Å²) in [5.41, 5.74) is -11.2. The Labute approximate surface area is 354 Å². The average Bonchev–Trinajstić information content (AvgIpc) is 3.31. The Morgan fingerprint density at radius 2 is 0.797 bits per heavy atom. The van der Waals surface area contributed by atoms with Crippen molar-refractivity contribution in [2.45, 2.75) is 44.1 Å². The summed E-state index contributed by atoms with van der Waals surface area (Å²) in [6.45, 7) is 1.49. The van der Waals surface area contributed by atoms with Crippen molar-refractivity contribution in [1.29, 1.82) is 0 Å². The summed E-state index contributed by atoms with van der Waals surface area (Å²) in [5, 5.41) is 11.9. The quantitative estimate of drug-likeness (QED) is 0.0163. The third-order valence-corrected chi connectivity index (χ3v) is 10.2. The van der Waals surface area contributed by atoms with Crippen LogP contribution in [0.1, 0.15) is 71.9 Å². The molecule has 0 saturated heterocycles. The van der Waals surface area contributed by atoms with Crippen molar-refractivity contribution in [3.05, 3.63) is 212 Å². The van der Waals surface area contributed by atoms with Gasteiger partial charge >= 0.3 is 7.32 Å². The molecule has 1 N–H and O–H groups in total. The van der Waals surface area contributed by atoms with Crippen LogP contribution < -0.4 is 0 Å². The van der Waals surface area contributed by atoms with Crippen LogP contribution in [0.5, 0.6) is 0 Å². The molecule has 6 aromatic rings. The smallest absolute Gasteiger partial charge is 0.511 e. The van der Waals surface area contributed by atoms with Gasteiger partial charge in [0.05, 0.1) is 11.1 Å². The van der Waals surface area contributed by atoms with Crippen molar-refractivity contribution in [2.24, 2.45) is 0 Å². The van der Waals surface area contributed by atoms with Gasteiger partial charge in [-0.05, 0) is 23.1 Å². The molecule has 0 aliphatic carbocycles. The number of rotatable bonds is 15. The summed E-state index contributed by atoms with van der Waals surface area (Å²) < 4.78 is 243. The summed E-state index contributed by atoms with van der Waals surface area (Å²) in [6.07, 6.45) is -1.68. The Balaban J connectivity index is 1.82. The van der Waals surface area contributed by atoms with Gasteiger partial charge in [-0.25, -0.2) is 65.9 Å². The molecule has 19 heteroatoms. The van der Waals surface area contributed by atoms with Crippen LogP contribution in [0.3, 0.4) is 0 Å². The zero-order valence-electron chi connectivity index (χ0n) is 32.6. The van der Waals surface area contributed by atoms with Gasteiger partial charge < -0.3 is 14.3 Å². The highest BCUT2D eigenvalue weighted by Crippen LogP contribution is 2.49. The summed E-state index contributed by atoms with van der Waals surface area (Å²) >= 11 is 0. The molecule has 6 rings (SSSR count). The molecule has 0 aromatic heterocycles. The van der Waals surface area contributed by atoms with Crippen molar-refractivity contribution in [3.63, 3.8) is 0 Å². The first kappa shape index (κ1) is 47.3. The highest BCUT2D eigenvalue weighted by molar-refractivity contribution is 6.37.